The van der Waals surface area contributed by atoms with E-state index in [1.54, 1.807) is 27.7 Å². The number of nitrogens with one attached hydrogen (secondary N) is 1. The molecule has 2 heterocycles. The molecular formula is C17H14ClN7OS. The molecule has 0 saturated heterocycles. The summed E-state index contributed by atoms with van der Waals surface area (Å²) in [6, 6.07) is 12.8. The van der Waals surface area contributed by atoms with Crippen LogP contribution in [0.1, 0.15) is 0 Å². The number of carbonyl (C=O) groups excluding carboxylic acids is 1. The summed E-state index contributed by atoms with van der Waals surface area (Å²) in [5.41, 5.74) is 2.14. The zero-order chi connectivity index (χ0) is 18.8. The number of nitrogens with zero attached hydrogens (tertiary/aromatic N) is 6. The molecular weight excluding hydrogens is 386 g/mol. The van der Waals surface area contributed by atoms with Gasteiger partial charge in [0.15, 0.2) is 5.16 Å². The number of hydrogen-bond acceptors (Lipinski definition) is 6. The van der Waals surface area contributed by atoms with Crippen LogP contribution in [-0.2, 0) is 18.4 Å². The highest BCUT2D eigenvalue weighted by Gasteiger charge is 2.14. The number of carbonyl (C=O) groups is 1. The van der Waals surface area contributed by atoms with Crippen molar-refractivity contribution < 1.29 is 4.79 Å². The summed E-state index contributed by atoms with van der Waals surface area (Å²) >= 11 is 7.50. The molecule has 0 saturated carbocycles. The monoisotopic (exact) mass is 399 g/mol. The summed E-state index contributed by atoms with van der Waals surface area (Å²) < 4.78 is 3.36. The van der Waals surface area contributed by atoms with Crippen molar-refractivity contribution in [1.29, 1.82) is 0 Å². The molecule has 2 aromatic heterocycles. The molecule has 0 aliphatic rings. The highest BCUT2D eigenvalue weighted by atomic mass is 35.5. The second kappa shape index (κ2) is 7.37. The fourth-order valence-corrected chi connectivity index (χ4v) is 3.52. The second-order valence-electron chi connectivity index (χ2n) is 5.75. The highest BCUT2D eigenvalue weighted by molar-refractivity contribution is 7.99. The number of aryl methyl sites for hydroxylation is 1. The molecule has 0 aliphatic heterocycles. The van der Waals surface area contributed by atoms with Crippen LogP contribution < -0.4 is 5.32 Å². The molecule has 0 bridgehead atoms. The van der Waals surface area contributed by atoms with E-state index >= 15 is 0 Å². The van der Waals surface area contributed by atoms with Crippen molar-refractivity contribution >= 4 is 46.0 Å². The standard InChI is InChI=1S/C17H14ClN7OS/c1-24-10-19-22-17(24)27-15-7-6-11(18)8-13(15)20-16(26)9-25-14-5-3-2-4-12(14)21-23-25/h2-8,10H,9H2,1H3,(H,20,26). The third kappa shape index (κ3) is 3.79. The van der Waals surface area contributed by atoms with Crippen molar-refractivity contribution in [2.75, 3.05) is 5.32 Å². The summed E-state index contributed by atoms with van der Waals surface area (Å²) in [7, 11) is 1.85. The first-order valence-corrected chi connectivity index (χ1v) is 9.19. The number of fused-ring (bicyclic) bond motifs is 1. The minimum atomic E-state index is -0.229. The number of rotatable bonds is 5. The van der Waals surface area contributed by atoms with Gasteiger partial charge in [-0.1, -0.05) is 28.9 Å². The fraction of sp³-hybridized carbons (Fsp3) is 0.118. The Bertz CT molecular complexity index is 1120. The lowest BCUT2D eigenvalue weighted by molar-refractivity contribution is -0.116. The van der Waals surface area contributed by atoms with Crippen molar-refractivity contribution in [1.82, 2.24) is 29.8 Å². The first-order valence-electron chi connectivity index (χ1n) is 7.99. The van der Waals surface area contributed by atoms with Crippen LogP contribution in [0.15, 0.2) is 58.8 Å². The Kier molecular flexibility index (Phi) is 4.78. The average molecular weight is 400 g/mol. The van der Waals surface area contributed by atoms with Gasteiger partial charge >= 0.3 is 0 Å². The van der Waals surface area contributed by atoms with E-state index in [0.717, 1.165) is 15.9 Å². The second-order valence-corrected chi connectivity index (χ2v) is 7.20. The van der Waals surface area contributed by atoms with E-state index in [9.17, 15) is 4.79 Å². The predicted octanol–water partition coefficient (Wildman–Crippen LogP) is 3.00. The Hall–Kier alpha value is -2.91. The lowest BCUT2D eigenvalue weighted by Gasteiger charge is -2.11. The van der Waals surface area contributed by atoms with E-state index in [-0.39, 0.29) is 12.5 Å². The molecule has 27 heavy (non-hydrogen) atoms. The Morgan fingerprint density at radius 3 is 2.89 bits per heavy atom. The molecule has 4 aromatic rings. The summed E-state index contributed by atoms with van der Waals surface area (Å²) in [5, 5.41) is 20.2. The van der Waals surface area contributed by atoms with Gasteiger partial charge in [0.1, 0.15) is 18.4 Å². The van der Waals surface area contributed by atoms with Crippen molar-refractivity contribution in [2.45, 2.75) is 16.6 Å². The van der Waals surface area contributed by atoms with E-state index < -0.39 is 0 Å². The zero-order valence-corrected chi connectivity index (χ0v) is 15.8. The van der Waals surface area contributed by atoms with E-state index in [2.05, 4.69) is 25.8 Å². The normalized spacial score (nSPS) is 11.0. The van der Waals surface area contributed by atoms with Crippen LogP contribution in [0.25, 0.3) is 11.0 Å². The first-order chi connectivity index (χ1) is 13.1. The van der Waals surface area contributed by atoms with Gasteiger partial charge in [0.05, 0.1) is 11.2 Å². The first kappa shape index (κ1) is 17.5. The van der Waals surface area contributed by atoms with Crippen LogP contribution in [0.3, 0.4) is 0 Å². The lowest BCUT2D eigenvalue weighted by Crippen LogP contribution is -2.20. The summed E-state index contributed by atoms with van der Waals surface area (Å²) in [4.78, 5) is 13.4. The largest absolute Gasteiger partial charge is 0.323 e. The Morgan fingerprint density at radius 2 is 2.07 bits per heavy atom. The minimum Gasteiger partial charge on any atom is -0.323 e. The maximum Gasteiger partial charge on any atom is 0.246 e. The van der Waals surface area contributed by atoms with Gasteiger partial charge in [0, 0.05) is 17.0 Å². The quantitative estimate of drug-likeness (QED) is 0.554. The maximum atomic E-state index is 12.6. The van der Waals surface area contributed by atoms with Crippen molar-refractivity contribution in [2.24, 2.45) is 7.05 Å². The molecule has 136 valence electrons. The van der Waals surface area contributed by atoms with Crippen LogP contribution in [0.2, 0.25) is 5.02 Å². The van der Waals surface area contributed by atoms with Gasteiger partial charge in [0.2, 0.25) is 5.91 Å². The molecule has 0 radical (unpaired) electrons. The van der Waals surface area contributed by atoms with Gasteiger partial charge in [-0.3, -0.25) is 4.79 Å². The SMILES string of the molecule is Cn1cnnc1Sc1ccc(Cl)cc1NC(=O)Cn1nnc2ccccc21. The predicted molar refractivity (Wildman–Crippen MR) is 103 cm³/mol. The van der Waals surface area contributed by atoms with Gasteiger partial charge in [-0.15, -0.1) is 15.3 Å². The number of para-hydroxylation sites is 1. The summed E-state index contributed by atoms with van der Waals surface area (Å²) in [5.74, 6) is -0.229. The average Bonchev–Trinajstić information content (AvgIpc) is 3.24. The Labute approximate surface area is 163 Å². The third-order valence-corrected chi connectivity index (χ3v) is 5.16. The topological polar surface area (TPSA) is 90.5 Å². The molecule has 0 fully saturated rings. The van der Waals surface area contributed by atoms with E-state index in [1.807, 2.05) is 37.4 Å². The van der Waals surface area contributed by atoms with Crippen molar-refractivity contribution in [3.05, 3.63) is 53.8 Å². The van der Waals surface area contributed by atoms with Gasteiger partial charge < -0.3 is 9.88 Å². The fourth-order valence-electron chi connectivity index (χ4n) is 2.51. The van der Waals surface area contributed by atoms with Crippen molar-refractivity contribution in [3.8, 4) is 0 Å². The summed E-state index contributed by atoms with van der Waals surface area (Å²) in [6.07, 6.45) is 1.62. The molecule has 0 unspecified atom stereocenters. The lowest BCUT2D eigenvalue weighted by atomic mass is 10.3. The number of anilines is 1. The van der Waals surface area contributed by atoms with Crippen molar-refractivity contribution in [3.63, 3.8) is 0 Å². The van der Waals surface area contributed by atoms with E-state index in [0.29, 0.717) is 15.9 Å². The van der Waals surface area contributed by atoms with E-state index in [1.165, 1.54) is 11.8 Å². The molecule has 4 rings (SSSR count). The number of halogens is 1. The Balaban J connectivity index is 1.55. The maximum absolute atomic E-state index is 12.6. The van der Waals surface area contributed by atoms with Crippen LogP contribution in [0, 0.1) is 0 Å². The molecule has 0 aliphatic carbocycles. The number of amides is 1. The van der Waals surface area contributed by atoms with Crippen LogP contribution >= 0.6 is 23.4 Å². The van der Waals surface area contributed by atoms with Crippen LogP contribution in [0.5, 0.6) is 0 Å². The smallest absolute Gasteiger partial charge is 0.246 e. The molecule has 1 N–H and O–H groups in total. The molecule has 8 nitrogen and oxygen atoms in total. The minimum absolute atomic E-state index is 0.0428. The van der Waals surface area contributed by atoms with Crippen LogP contribution in [-0.4, -0.2) is 35.7 Å². The third-order valence-electron chi connectivity index (χ3n) is 3.80. The van der Waals surface area contributed by atoms with Gasteiger partial charge in [-0.25, -0.2) is 4.68 Å². The van der Waals surface area contributed by atoms with Crippen LogP contribution in [0.4, 0.5) is 5.69 Å². The number of aromatic nitrogens is 6. The van der Waals surface area contributed by atoms with Gasteiger partial charge in [-0.2, -0.15) is 0 Å². The highest BCUT2D eigenvalue weighted by Crippen LogP contribution is 2.34. The molecule has 0 spiro atoms. The zero-order valence-electron chi connectivity index (χ0n) is 14.2. The summed E-state index contributed by atoms with van der Waals surface area (Å²) in [6.45, 7) is 0.0428. The molecule has 1 amide bonds. The van der Waals surface area contributed by atoms with Gasteiger partial charge in [-0.05, 0) is 42.1 Å². The van der Waals surface area contributed by atoms with E-state index in [4.69, 9.17) is 11.6 Å². The Morgan fingerprint density at radius 1 is 1.22 bits per heavy atom. The molecule has 2 aromatic carbocycles. The molecule has 0 atom stereocenters. The molecule has 10 heteroatoms. The number of benzene rings is 2. The number of hydrogen-bond donors (Lipinski definition) is 1. The van der Waals surface area contributed by atoms with Gasteiger partial charge in [0.25, 0.3) is 0 Å².